The van der Waals surface area contributed by atoms with Gasteiger partial charge >= 0.3 is 0 Å². The first-order valence-electron chi connectivity index (χ1n) is 6.99. The zero-order valence-corrected chi connectivity index (χ0v) is 11.7. The number of hydrogen-bond donors (Lipinski definition) is 0. The standard InChI is InChI=1S/C15H28O2/c1-4-6-7-8-10-15(9-5-2)11-14(15)12-17-13-16-3/h5,9,14H,4,6-8,10-13H2,1-3H3/b9-5+/t14-,15+/m0/s1. The summed E-state index contributed by atoms with van der Waals surface area (Å²) in [6.45, 7) is 5.67. The molecule has 2 heteroatoms. The maximum absolute atomic E-state index is 5.48. The minimum Gasteiger partial charge on any atom is -0.359 e. The highest BCUT2D eigenvalue weighted by molar-refractivity contribution is 5.14. The van der Waals surface area contributed by atoms with Crippen LogP contribution in [-0.2, 0) is 9.47 Å². The summed E-state index contributed by atoms with van der Waals surface area (Å²) < 4.78 is 10.4. The molecule has 17 heavy (non-hydrogen) atoms. The molecule has 0 aromatic carbocycles. The number of rotatable bonds is 10. The van der Waals surface area contributed by atoms with Gasteiger partial charge in [-0.3, -0.25) is 0 Å². The SMILES string of the molecule is C/C=C/[C@@]1(CCCCCC)C[C@H]1COCOC. The fourth-order valence-corrected chi connectivity index (χ4v) is 2.70. The number of hydrogen-bond acceptors (Lipinski definition) is 2. The topological polar surface area (TPSA) is 18.5 Å². The maximum Gasteiger partial charge on any atom is 0.146 e. The molecule has 2 atom stereocenters. The second kappa shape index (κ2) is 7.88. The van der Waals surface area contributed by atoms with Gasteiger partial charge in [-0.15, -0.1) is 0 Å². The average molecular weight is 240 g/mol. The largest absolute Gasteiger partial charge is 0.359 e. The van der Waals surface area contributed by atoms with Crippen molar-refractivity contribution < 1.29 is 9.47 Å². The van der Waals surface area contributed by atoms with Gasteiger partial charge in [0.05, 0.1) is 6.61 Å². The van der Waals surface area contributed by atoms with E-state index in [4.69, 9.17) is 9.47 Å². The van der Waals surface area contributed by atoms with E-state index in [9.17, 15) is 0 Å². The molecule has 2 nitrogen and oxygen atoms in total. The zero-order chi connectivity index (χ0) is 12.6. The Hall–Kier alpha value is -0.340. The van der Waals surface area contributed by atoms with Crippen molar-refractivity contribution in [3.05, 3.63) is 12.2 Å². The van der Waals surface area contributed by atoms with Crippen LogP contribution in [0, 0.1) is 11.3 Å². The molecular formula is C15H28O2. The van der Waals surface area contributed by atoms with Crippen molar-refractivity contribution in [2.24, 2.45) is 11.3 Å². The molecule has 0 bridgehead atoms. The van der Waals surface area contributed by atoms with Crippen molar-refractivity contribution in [2.45, 2.75) is 52.4 Å². The Balaban J connectivity index is 2.24. The quantitative estimate of drug-likeness (QED) is 0.324. The van der Waals surface area contributed by atoms with Crippen LogP contribution in [0.3, 0.4) is 0 Å². The van der Waals surface area contributed by atoms with E-state index in [0.717, 1.165) is 12.5 Å². The summed E-state index contributed by atoms with van der Waals surface area (Å²) in [5.41, 5.74) is 0.455. The molecule has 0 saturated heterocycles. The molecule has 1 rings (SSSR count). The first-order chi connectivity index (χ1) is 8.29. The molecule has 0 spiro atoms. The second-order valence-corrected chi connectivity index (χ2v) is 5.22. The molecular weight excluding hydrogens is 212 g/mol. The summed E-state index contributed by atoms with van der Waals surface area (Å²) in [6.07, 6.45) is 12.7. The van der Waals surface area contributed by atoms with E-state index in [0.29, 0.717) is 12.2 Å². The molecule has 0 radical (unpaired) electrons. The van der Waals surface area contributed by atoms with Gasteiger partial charge in [0.2, 0.25) is 0 Å². The Morgan fingerprint density at radius 1 is 1.29 bits per heavy atom. The highest BCUT2D eigenvalue weighted by Crippen LogP contribution is 2.57. The minimum atomic E-state index is 0.429. The number of methoxy groups -OCH3 is 1. The van der Waals surface area contributed by atoms with Gasteiger partial charge < -0.3 is 9.47 Å². The average Bonchev–Trinajstić information content (AvgIpc) is 2.99. The number of ether oxygens (including phenoxy) is 2. The lowest BCUT2D eigenvalue weighted by atomic mass is 9.95. The molecule has 1 aliphatic rings. The van der Waals surface area contributed by atoms with Crippen molar-refractivity contribution in [1.82, 2.24) is 0 Å². The lowest BCUT2D eigenvalue weighted by Crippen LogP contribution is -2.07. The lowest BCUT2D eigenvalue weighted by Gasteiger charge is -2.13. The lowest BCUT2D eigenvalue weighted by molar-refractivity contribution is -0.0368. The molecule has 100 valence electrons. The van der Waals surface area contributed by atoms with Gasteiger partial charge in [0.25, 0.3) is 0 Å². The van der Waals surface area contributed by atoms with Crippen LogP contribution in [0.4, 0.5) is 0 Å². The van der Waals surface area contributed by atoms with Crippen LogP contribution in [0.2, 0.25) is 0 Å². The second-order valence-electron chi connectivity index (χ2n) is 5.22. The third-order valence-corrected chi connectivity index (χ3v) is 3.79. The highest BCUT2D eigenvalue weighted by Gasteiger charge is 2.50. The first kappa shape index (κ1) is 14.7. The van der Waals surface area contributed by atoms with Crippen LogP contribution in [-0.4, -0.2) is 20.5 Å². The van der Waals surface area contributed by atoms with Gasteiger partial charge in [-0.1, -0.05) is 44.8 Å². The molecule has 1 saturated carbocycles. The smallest absolute Gasteiger partial charge is 0.146 e. The van der Waals surface area contributed by atoms with Crippen LogP contribution < -0.4 is 0 Å². The summed E-state index contributed by atoms with van der Waals surface area (Å²) in [7, 11) is 1.68. The Bertz CT molecular complexity index is 225. The van der Waals surface area contributed by atoms with Gasteiger partial charge in [-0.2, -0.15) is 0 Å². The van der Waals surface area contributed by atoms with Crippen molar-refractivity contribution in [1.29, 1.82) is 0 Å². The molecule has 0 aliphatic heterocycles. The summed E-state index contributed by atoms with van der Waals surface area (Å²) >= 11 is 0. The van der Waals surface area contributed by atoms with Crippen LogP contribution in [0.25, 0.3) is 0 Å². The van der Waals surface area contributed by atoms with Gasteiger partial charge in [-0.25, -0.2) is 0 Å². The van der Waals surface area contributed by atoms with Gasteiger partial charge in [0.15, 0.2) is 0 Å². The van der Waals surface area contributed by atoms with Crippen molar-refractivity contribution in [2.75, 3.05) is 20.5 Å². The third-order valence-electron chi connectivity index (χ3n) is 3.79. The maximum atomic E-state index is 5.48. The van der Waals surface area contributed by atoms with E-state index in [1.54, 1.807) is 7.11 Å². The number of unbranched alkanes of at least 4 members (excludes halogenated alkanes) is 3. The van der Waals surface area contributed by atoms with Gasteiger partial charge in [0.1, 0.15) is 6.79 Å². The minimum absolute atomic E-state index is 0.429. The molecule has 0 aromatic heterocycles. The summed E-state index contributed by atoms with van der Waals surface area (Å²) in [5, 5.41) is 0. The zero-order valence-electron chi connectivity index (χ0n) is 11.7. The predicted octanol–water partition coefficient (Wildman–Crippen LogP) is 4.16. The Morgan fingerprint density at radius 2 is 2.12 bits per heavy atom. The first-order valence-corrected chi connectivity index (χ1v) is 6.99. The highest BCUT2D eigenvalue weighted by atomic mass is 16.7. The molecule has 1 aliphatic carbocycles. The number of allylic oxidation sites excluding steroid dienone is 2. The van der Waals surface area contributed by atoms with Crippen LogP contribution in [0.1, 0.15) is 52.4 Å². The van der Waals surface area contributed by atoms with Gasteiger partial charge in [0, 0.05) is 7.11 Å². The van der Waals surface area contributed by atoms with Gasteiger partial charge in [-0.05, 0) is 31.1 Å². The fraction of sp³-hybridized carbons (Fsp3) is 0.867. The van der Waals surface area contributed by atoms with E-state index in [1.165, 1.54) is 38.5 Å². The Kier molecular flexibility index (Phi) is 6.83. The van der Waals surface area contributed by atoms with Crippen molar-refractivity contribution in [3.8, 4) is 0 Å². The normalized spacial score (nSPS) is 27.8. The van der Waals surface area contributed by atoms with E-state index in [2.05, 4.69) is 26.0 Å². The fourth-order valence-electron chi connectivity index (χ4n) is 2.70. The molecule has 0 aromatic rings. The molecule has 0 unspecified atom stereocenters. The van der Waals surface area contributed by atoms with Crippen molar-refractivity contribution in [3.63, 3.8) is 0 Å². The predicted molar refractivity (Wildman–Crippen MR) is 71.9 cm³/mol. The van der Waals surface area contributed by atoms with E-state index in [-0.39, 0.29) is 0 Å². The molecule has 1 fully saturated rings. The Labute approximate surface area is 106 Å². The van der Waals surface area contributed by atoms with Crippen LogP contribution in [0.15, 0.2) is 12.2 Å². The molecule has 0 heterocycles. The van der Waals surface area contributed by atoms with Crippen molar-refractivity contribution >= 4 is 0 Å². The summed E-state index contributed by atoms with van der Waals surface area (Å²) in [4.78, 5) is 0. The third kappa shape index (κ3) is 4.81. The van der Waals surface area contributed by atoms with Crippen LogP contribution >= 0.6 is 0 Å². The van der Waals surface area contributed by atoms with E-state index >= 15 is 0 Å². The van der Waals surface area contributed by atoms with E-state index < -0.39 is 0 Å². The summed E-state index contributed by atoms with van der Waals surface area (Å²) in [6, 6.07) is 0. The van der Waals surface area contributed by atoms with Crippen LogP contribution in [0.5, 0.6) is 0 Å². The monoisotopic (exact) mass is 240 g/mol. The molecule has 0 amide bonds. The summed E-state index contributed by atoms with van der Waals surface area (Å²) in [5.74, 6) is 0.718. The van der Waals surface area contributed by atoms with E-state index in [1.807, 2.05) is 0 Å². The molecule has 0 N–H and O–H groups in total. The Morgan fingerprint density at radius 3 is 2.76 bits per heavy atom.